The molecule has 16 heavy (non-hydrogen) atoms. The van der Waals surface area contributed by atoms with Crippen LogP contribution in [0.3, 0.4) is 0 Å². The quantitative estimate of drug-likeness (QED) is 0.799. The first kappa shape index (κ1) is 12.2. The number of nitrogens with one attached hydrogen (secondary N) is 1. The zero-order chi connectivity index (χ0) is 12.3. The summed E-state index contributed by atoms with van der Waals surface area (Å²) < 4.78 is 0. The molecule has 1 rings (SSSR count). The Morgan fingerprint density at radius 2 is 2.00 bits per heavy atom. The fourth-order valence-electron chi connectivity index (χ4n) is 0.944. The first-order chi connectivity index (χ1) is 7.30. The summed E-state index contributed by atoms with van der Waals surface area (Å²) in [5, 5.41) is 11.4. The molecular weight excluding hydrogens is 208 g/mol. The third kappa shape index (κ3) is 3.05. The van der Waals surface area contributed by atoms with Crippen LogP contribution >= 0.6 is 0 Å². The normalized spacial score (nSPS) is 10.9. The molecule has 0 aliphatic heterocycles. The number of carboxylic acid groups (broad SMARTS) is 1. The Labute approximate surface area is 93.5 Å². The van der Waals surface area contributed by atoms with Crippen molar-refractivity contribution in [2.45, 2.75) is 20.8 Å². The number of aromatic carboxylic acids is 1. The average Bonchev–Trinajstić information content (AvgIpc) is 2.16. The molecule has 0 aliphatic rings. The van der Waals surface area contributed by atoms with Crippen molar-refractivity contribution >= 4 is 17.6 Å². The Balaban J connectivity index is 2.87. The van der Waals surface area contributed by atoms with Gasteiger partial charge in [0.1, 0.15) is 5.69 Å². The van der Waals surface area contributed by atoms with Crippen LogP contribution in [0.25, 0.3) is 0 Å². The molecule has 1 aromatic heterocycles. The van der Waals surface area contributed by atoms with Crippen LogP contribution in [0.15, 0.2) is 18.3 Å². The van der Waals surface area contributed by atoms with E-state index in [-0.39, 0.29) is 11.6 Å². The highest BCUT2D eigenvalue weighted by Gasteiger charge is 2.21. The van der Waals surface area contributed by atoms with Crippen LogP contribution in [0, 0.1) is 5.41 Å². The van der Waals surface area contributed by atoms with E-state index >= 15 is 0 Å². The number of amides is 1. The first-order valence-corrected chi connectivity index (χ1v) is 4.81. The number of rotatable bonds is 2. The molecule has 2 N–H and O–H groups in total. The summed E-state index contributed by atoms with van der Waals surface area (Å²) in [5.41, 5.74) is -0.175. The van der Waals surface area contributed by atoms with Crippen molar-refractivity contribution < 1.29 is 14.7 Å². The second-order valence-corrected chi connectivity index (χ2v) is 4.44. The molecule has 0 atom stereocenters. The lowest BCUT2D eigenvalue weighted by atomic mass is 9.95. The van der Waals surface area contributed by atoms with E-state index in [9.17, 15) is 9.59 Å². The minimum absolute atomic E-state index is 0.0910. The van der Waals surface area contributed by atoms with Crippen molar-refractivity contribution in [3.8, 4) is 0 Å². The Morgan fingerprint density at radius 1 is 1.38 bits per heavy atom. The standard InChI is InChI=1S/C11H14N2O3/c1-11(2,3)10(16)13-7-4-5-12-8(6-7)9(14)15/h4-6H,1-3H3,(H,14,15)(H,12,13,16). The van der Waals surface area contributed by atoms with Crippen LogP contribution in [-0.2, 0) is 4.79 Å². The lowest BCUT2D eigenvalue weighted by molar-refractivity contribution is -0.123. The number of carbonyl (C=O) groups excluding carboxylic acids is 1. The molecule has 0 radical (unpaired) electrons. The summed E-state index contributed by atoms with van der Waals surface area (Å²) in [6, 6.07) is 2.88. The van der Waals surface area contributed by atoms with Crippen molar-refractivity contribution in [3.63, 3.8) is 0 Å². The van der Waals surface area contributed by atoms with Crippen molar-refractivity contribution in [2.24, 2.45) is 5.41 Å². The predicted molar refractivity (Wildman–Crippen MR) is 59.3 cm³/mol. The van der Waals surface area contributed by atoms with Gasteiger partial charge in [-0.1, -0.05) is 20.8 Å². The molecular formula is C11H14N2O3. The van der Waals surface area contributed by atoms with E-state index in [4.69, 9.17) is 5.11 Å². The number of hydrogen-bond donors (Lipinski definition) is 2. The molecule has 0 spiro atoms. The summed E-state index contributed by atoms with van der Waals surface area (Å²) in [6.07, 6.45) is 1.35. The fraction of sp³-hybridized carbons (Fsp3) is 0.364. The second-order valence-electron chi connectivity index (χ2n) is 4.44. The maximum Gasteiger partial charge on any atom is 0.354 e. The number of nitrogens with zero attached hydrogens (tertiary/aromatic N) is 1. The van der Waals surface area contributed by atoms with E-state index in [1.165, 1.54) is 12.3 Å². The minimum atomic E-state index is -1.12. The summed E-state index contributed by atoms with van der Waals surface area (Å²) >= 11 is 0. The predicted octanol–water partition coefficient (Wildman–Crippen LogP) is 1.76. The van der Waals surface area contributed by atoms with Gasteiger partial charge in [0.05, 0.1) is 0 Å². The highest BCUT2D eigenvalue weighted by molar-refractivity contribution is 5.95. The monoisotopic (exact) mass is 222 g/mol. The van der Waals surface area contributed by atoms with Gasteiger partial charge in [0.15, 0.2) is 0 Å². The molecule has 5 heteroatoms. The van der Waals surface area contributed by atoms with Crippen LogP contribution in [0.4, 0.5) is 5.69 Å². The lowest BCUT2D eigenvalue weighted by Crippen LogP contribution is -2.27. The lowest BCUT2D eigenvalue weighted by Gasteiger charge is -2.17. The smallest absolute Gasteiger partial charge is 0.354 e. The fourth-order valence-corrected chi connectivity index (χ4v) is 0.944. The Hall–Kier alpha value is -1.91. The van der Waals surface area contributed by atoms with E-state index in [2.05, 4.69) is 10.3 Å². The van der Waals surface area contributed by atoms with Gasteiger partial charge in [0.2, 0.25) is 5.91 Å². The number of aromatic nitrogens is 1. The molecule has 5 nitrogen and oxygen atoms in total. The van der Waals surface area contributed by atoms with Gasteiger partial charge in [-0.2, -0.15) is 0 Å². The van der Waals surface area contributed by atoms with Gasteiger partial charge in [-0.3, -0.25) is 4.79 Å². The summed E-state index contributed by atoms with van der Waals surface area (Å²) in [4.78, 5) is 26.0. The minimum Gasteiger partial charge on any atom is -0.477 e. The maximum absolute atomic E-state index is 11.6. The molecule has 1 amide bonds. The van der Waals surface area contributed by atoms with Crippen molar-refractivity contribution in [1.82, 2.24) is 4.98 Å². The molecule has 0 unspecified atom stereocenters. The molecule has 1 aromatic rings. The number of anilines is 1. The van der Waals surface area contributed by atoms with Crippen molar-refractivity contribution in [1.29, 1.82) is 0 Å². The van der Waals surface area contributed by atoms with E-state index in [0.717, 1.165) is 0 Å². The largest absolute Gasteiger partial charge is 0.477 e. The van der Waals surface area contributed by atoms with Gasteiger partial charge >= 0.3 is 5.97 Å². The van der Waals surface area contributed by atoms with Gasteiger partial charge in [-0.25, -0.2) is 9.78 Å². The molecule has 0 saturated heterocycles. The third-order valence-electron chi connectivity index (χ3n) is 1.92. The summed E-state index contributed by atoms with van der Waals surface area (Å²) in [7, 11) is 0. The van der Waals surface area contributed by atoms with Gasteiger partial charge in [-0.15, -0.1) is 0 Å². The van der Waals surface area contributed by atoms with Crippen LogP contribution in [0.1, 0.15) is 31.3 Å². The van der Waals surface area contributed by atoms with Crippen molar-refractivity contribution in [2.75, 3.05) is 5.32 Å². The Morgan fingerprint density at radius 3 is 2.50 bits per heavy atom. The molecule has 86 valence electrons. The molecule has 0 fully saturated rings. The molecule has 0 aromatic carbocycles. The van der Waals surface area contributed by atoms with Crippen LogP contribution < -0.4 is 5.32 Å². The van der Waals surface area contributed by atoms with E-state index in [0.29, 0.717) is 5.69 Å². The highest BCUT2D eigenvalue weighted by atomic mass is 16.4. The molecule has 0 saturated carbocycles. The van der Waals surface area contributed by atoms with Gasteiger partial charge in [0.25, 0.3) is 0 Å². The molecule has 0 aliphatic carbocycles. The van der Waals surface area contributed by atoms with Gasteiger partial charge < -0.3 is 10.4 Å². The second kappa shape index (κ2) is 4.30. The number of hydrogen-bond acceptors (Lipinski definition) is 3. The number of pyridine rings is 1. The van der Waals surface area contributed by atoms with Gasteiger partial charge in [0, 0.05) is 17.3 Å². The number of carboxylic acids is 1. The topological polar surface area (TPSA) is 79.3 Å². The van der Waals surface area contributed by atoms with E-state index in [1.54, 1.807) is 26.8 Å². The first-order valence-electron chi connectivity index (χ1n) is 4.81. The third-order valence-corrected chi connectivity index (χ3v) is 1.92. The summed E-state index contributed by atoms with van der Waals surface area (Å²) in [5.74, 6) is -1.29. The van der Waals surface area contributed by atoms with Crippen LogP contribution in [0.5, 0.6) is 0 Å². The number of carbonyl (C=O) groups is 2. The molecule has 0 bridgehead atoms. The average molecular weight is 222 g/mol. The van der Waals surface area contributed by atoms with E-state index < -0.39 is 11.4 Å². The van der Waals surface area contributed by atoms with Crippen molar-refractivity contribution in [3.05, 3.63) is 24.0 Å². The Kier molecular flexibility index (Phi) is 3.27. The van der Waals surface area contributed by atoms with Crippen LogP contribution in [0.2, 0.25) is 0 Å². The zero-order valence-corrected chi connectivity index (χ0v) is 9.44. The van der Waals surface area contributed by atoms with E-state index in [1.807, 2.05) is 0 Å². The summed E-state index contributed by atoms with van der Waals surface area (Å²) in [6.45, 7) is 5.34. The van der Waals surface area contributed by atoms with Gasteiger partial charge in [-0.05, 0) is 12.1 Å². The SMILES string of the molecule is CC(C)(C)C(=O)Nc1ccnc(C(=O)O)c1. The zero-order valence-electron chi connectivity index (χ0n) is 9.44. The maximum atomic E-state index is 11.6. The molecule has 1 heterocycles. The highest BCUT2D eigenvalue weighted by Crippen LogP contribution is 2.17. The van der Waals surface area contributed by atoms with Crippen LogP contribution in [-0.4, -0.2) is 22.0 Å². The Bertz CT molecular complexity index is 421.